The molecular weight excluding hydrogens is 234 g/mol. The normalized spacial score (nSPS) is 19.8. The van der Waals surface area contributed by atoms with Gasteiger partial charge in [0, 0.05) is 43.1 Å². The minimum Gasteiger partial charge on any atom is -0.381 e. The van der Waals surface area contributed by atoms with Gasteiger partial charge in [-0.05, 0) is 19.8 Å². The number of nitrogens with zero attached hydrogens (tertiary/aromatic N) is 2. The molecule has 1 aliphatic rings. The summed E-state index contributed by atoms with van der Waals surface area (Å²) >= 11 is 1.67. The van der Waals surface area contributed by atoms with Gasteiger partial charge in [0.25, 0.3) is 0 Å². The molecule has 1 aliphatic heterocycles. The summed E-state index contributed by atoms with van der Waals surface area (Å²) in [5.74, 6) is 0. The highest BCUT2D eigenvalue weighted by atomic mass is 32.1. The maximum atomic E-state index is 5.39. The van der Waals surface area contributed by atoms with Crippen molar-refractivity contribution in [3.05, 3.63) is 23.5 Å². The van der Waals surface area contributed by atoms with Gasteiger partial charge >= 0.3 is 0 Å². The van der Waals surface area contributed by atoms with Crippen LogP contribution in [0.4, 0.5) is 0 Å². The lowest BCUT2D eigenvalue weighted by molar-refractivity contribution is 0.0445. The Hall–Kier alpha value is -0.910. The highest BCUT2D eigenvalue weighted by Gasteiger charge is 2.26. The fraction of sp³-hybridized carbons (Fsp3) is 0.583. The quantitative estimate of drug-likeness (QED) is 0.907. The second-order valence-corrected chi connectivity index (χ2v) is 5.72. The van der Waals surface area contributed by atoms with Gasteiger partial charge in [0.15, 0.2) is 4.96 Å². The number of nitrogens with one attached hydrogen (secondary N) is 1. The van der Waals surface area contributed by atoms with Crippen molar-refractivity contribution in [2.45, 2.75) is 31.8 Å². The Labute approximate surface area is 105 Å². The molecule has 0 bridgehead atoms. The zero-order valence-corrected chi connectivity index (χ0v) is 10.8. The van der Waals surface area contributed by atoms with Crippen LogP contribution in [0.3, 0.4) is 0 Å². The van der Waals surface area contributed by atoms with Crippen LogP contribution in [0, 0.1) is 0 Å². The van der Waals surface area contributed by atoms with E-state index in [1.165, 1.54) is 0 Å². The molecule has 0 saturated carbocycles. The largest absolute Gasteiger partial charge is 0.381 e. The first kappa shape index (κ1) is 11.2. The smallest absolute Gasteiger partial charge is 0.193 e. The highest BCUT2D eigenvalue weighted by Crippen LogP contribution is 2.20. The van der Waals surface area contributed by atoms with Crippen LogP contribution in [0.1, 0.15) is 25.5 Å². The molecule has 3 heterocycles. The van der Waals surface area contributed by atoms with Gasteiger partial charge in [0.05, 0.1) is 5.69 Å². The molecule has 0 aliphatic carbocycles. The van der Waals surface area contributed by atoms with E-state index in [-0.39, 0.29) is 5.54 Å². The van der Waals surface area contributed by atoms with Crippen molar-refractivity contribution in [3.8, 4) is 0 Å². The standard InChI is InChI=1S/C12H17N3OS/c1-12(2-5-16-6-3-12)13-8-10-9-15-4-7-17-11(15)14-10/h4,7,9,13H,2-3,5-6,8H2,1H3. The van der Waals surface area contributed by atoms with Crippen LogP contribution in [-0.2, 0) is 11.3 Å². The topological polar surface area (TPSA) is 38.6 Å². The molecule has 5 heteroatoms. The van der Waals surface area contributed by atoms with Crippen LogP contribution in [0.15, 0.2) is 17.8 Å². The number of thiazole rings is 1. The summed E-state index contributed by atoms with van der Waals surface area (Å²) in [7, 11) is 0. The average Bonchev–Trinajstić information content (AvgIpc) is 2.87. The zero-order chi connectivity index (χ0) is 11.7. The predicted molar refractivity (Wildman–Crippen MR) is 68.4 cm³/mol. The molecule has 0 atom stereocenters. The lowest BCUT2D eigenvalue weighted by Gasteiger charge is -2.34. The Balaban J connectivity index is 1.65. The molecule has 3 rings (SSSR count). The number of fused-ring (bicyclic) bond motifs is 1. The van der Waals surface area contributed by atoms with Gasteiger partial charge in [0.2, 0.25) is 0 Å². The minimum atomic E-state index is 0.204. The van der Waals surface area contributed by atoms with Crippen molar-refractivity contribution in [1.82, 2.24) is 14.7 Å². The van der Waals surface area contributed by atoms with Crippen LogP contribution in [0.25, 0.3) is 4.96 Å². The number of hydrogen-bond acceptors (Lipinski definition) is 4. The fourth-order valence-corrected chi connectivity index (χ4v) is 2.88. The Morgan fingerprint density at radius 2 is 2.35 bits per heavy atom. The lowest BCUT2D eigenvalue weighted by atomic mass is 9.92. The summed E-state index contributed by atoms with van der Waals surface area (Å²) in [6.07, 6.45) is 6.30. The van der Waals surface area contributed by atoms with Gasteiger partial charge in [0.1, 0.15) is 0 Å². The first-order valence-electron chi connectivity index (χ1n) is 5.99. The number of hydrogen-bond donors (Lipinski definition) is 1. The van der Waals surface area contributed by atoms with Crippen molar-refractivity contribution >= 4 is 16.3 Å². The van der Waals surface area contributed by atoms with Gasteiger partial charge in [-0.25, -0.2) is 4.98 Å². The molecule has 17 heavy (non-hydrogen) atoms. The third-order valence-electron chi connectivity index (χ3n) is 3.44. The molecule has 0 spiro atoms. The van der Waals surface area contributed by atoms with E-state index in [1.54, 1.807) is 11.3 Å². The molecule has 2 aromatic rings. The first-order valence-corrected chi connectivity index (χ1v) is 6.87. The summed E-state index contributed by atoms with van der Waals surface area (Å²) in [6.45, 7) is 4.84. The molecule has 2 aromatic heterocycles. The van der Waals surface area contributed by atoms with Gasteiger partial charge in [-0.2, -0.15) is 0 Å². The van der Waals surface area contributed by atoms with Crippen molar-refractivity contribution in [1.29, 1.82) is 0 Å². The monoisotopic (exact) mass is 251 g/mol. The van der Waals surface area contributed by atoms with Gasteiger partial charge in [-0.3, -0.25) is 4.40 Å². The summed E-state index contributed by atoms with van der Waals surface area (Å²) in [6, 6.07) is 0. The maximum Gasteiger partial charge on any atom is 0.193 e. The molecule has 0 unspecified atom stereocenters. The molecule has 4 nitrogen and oxygen atoms in total. The van der Waals surface area contributed by atoms with Crippen molar-refractivity contribution < 1.29 is 4.74 Å². The maximum absolute atomic E-state index is 5.39. The van der Waals surface area contributed by atoms with Gasteiger partial charge in [-0.15, -0.1) is 11.3 Å². The molecule has 92 valence electrons. The van der Waals surface area contributed by atoms with E-state index < -0.39 is 0 Å². The number of ether oxygens (including phenoxy) is 1. The number of rotatable bonds is 3. The summed E-state index contributed by atoms with van der Waals surface area (Å²) in [5.41, 5.74) is 1.32. The fourth-order valence-electron chi connectivity index (χ4n) is 2.16. The summed E-state index contributed by atoms with van der Waals surface area (Å²) < 4.78 is 7.47. The van der Waals surface area contributed by atoms with Crippen LogP contribution in [0.2, 0.25) is 0 Å². The molecule has 1 N–H and O–H groups in total. The van der Waals surface area contributed by atoms with E-state index in [1.807, 2.05) is 6.20 Å². The predicted octanol–water partition coefficient (Wildman–Crippen LogP) is 2.05. The summed E-state index contributed by atoms with van der Waals surface area (Å²) in [4.78, 5) is 5.64. The van der Waals surface area contributed by atoms with E-state index in [0.717, 1.165) is 43.3 Å². The molecule has 0 aromatic carbocycles. The van der Waals surface area contributed by atoms with Gasteiger partial charge in [-0.1, -0.05) is 0 Å². The third kappa shape index (κ3) is 2.36. The van der Waals surface area contributed by atoms with Crippen LogP contribution in [-0.4, -0.2) is 28.1 Å². The second kappa shape index (κ2) is 4.40. The highest BCUT2D eigenvalue weighted by molar-refractivity contribution is 7.15. The summed E-state index contributed by atoms with van der Waals surface area (Å²) in [5, 5.41) is 5.67. The zero-order valence-electron chi connectivity index (χ0n) is 9.98. The molecule has 1 saturated heterocycles. The average molecular weight is 251 g/mol. The lowest BCUT2D eigenvalue weighted by Crippen LogP contribution is -2.46. The number of aromatic nitrogens is 2. The van der Waals surface area contributed by atoms with Crippen molar-refractivity contribution in [3.63, 3.8) is 0 Å². The van der Waals surface area contributed by atoms with E-state index in [2.05, 4.69) is 33.2 Å². The van der Waals surface area contributed by atoms with Crippen molar-refractivity contribution in [2.75, 3.05) is 13.2 Å². The van der Waals surface area contributed by atoms with E-state index in [4.69, 9.17) is 4.74 Å². The Kier molecular flexibility index (Phi) is 2.90. The van der Waals surface area contributed by atoms with Gasteiger partial charge < -0.3 is 10.1 Å². The van der Waals surface area contributed by atoms with E-state index >= 15 is 0 Å². The SMILES string of the molecule is CC1(NCc2cn3ccsc3n2)CCOCC1. The second-order valence-electron chi connectivity index (χ2n) is 4.85. The number of imidazole rings is 1. The van der Waals surface area contributed by atoms with E-state index in [9.17, 15) is 0 Å². The Bertz CT molecular complexity index is 470. The first-order chi connectivity index (χ1) is 8.25. The van der Waals surface area contributed by atoms with Crippen molar-refractivity contribution in [2.24, 2.45) is 0 Å². The van der Waals surface area contributed by atoms with E-state index in [0.29, 0.717) is 0 Å². The molecule has 0 radical (unpaired) electrons. The molecular formula is C12H17N3OS. The van der Waals surface area contributed by atoms with Crippen LogP contribution >= 0.6 is 11.3 Å². The molecule has 1 fully saturated rings. The third-order valence-corrected chi connectivity index (χ3v) is 4.21. The van der Waals surface area contributed by atoms with Crippen LogP contribution < -0.4 is 5.32 Å². The minimum absolute atomic E-state index is 0.204. The van der Waals surface area contributed by atoms with Crippen LogP contribution in [0.5, 0.6) is 0 Å². The Morgan fingerprint density at radius 1 is 1.53 bits per heavy atom. The Morgan fingerprint density at radius 3 is 3.12 bits per heavy atom. The molecule has 0 amide bonds.